The number of fused-ring (bicyclic) bond motifs is 1. The Morgan fingerprint density at radius 2 is 1.58 bits per heavy atom. The average molecular weight is 326 g/mol. The fourth-order valence-electron chi connectivity index (χ4n) is 3.10. The summed E-state index contributed by atoms with van der Waals surface area (Å²) in [6, 6.07) is 13.7. The number of ether oxygens (including phenoxy) is 1. The number of rotatable bonds is 10. The maximum absolute atomic E-state index is 12.5. The van der Waals surface area contributed by atoms with Gasteiger partial charge in [-0.15, -0.1) is 0 Å². The predicted octanol–water partition coefficient (Wildman–Crippen LogP) is 6.53. The Kier molecular flexibility index (Phi) is 7.81. The Hall–Kier alpha value is -1.83. The number of carbonyl (C=O) groups is 1. The molecule has 1 atom stereocenters. The van der Waals surface area contributed by atoms with Crippen LogP contribution < -0.4 is 0 Å². The summed E-state index contributed by atoms with van der Waals surface area (Å²) in [6.45, 7) is 4.24. The molecule has 2 nitrogen and oxygen atoms in total. The van der Waals surface area contributed by atoms with Crippen molar-refractivity contribution in [2.24, 2.45) is 0 Å². The smallest absolute Gasteiger partial charge is 0.339 e. The van der Waals surface area contributed by atoms with Crippen LogP contribution in [0.1, 0.15) is 75.6 Å². The van der Waals surface area contributed by atoms with E-state index in [1.165, 1.54) is 38.5 Å². The lowest BCUT2D eigenvalue weighted by Gasteiger charge is -2.14. The van der Waals surface area contributed by atoms with Crippen LogP contribution in [0.3, 0.4) is 0 Å². The first-order valence-corrected chi connectivity index (χ1v) is 9.41. The number of hydrogen-bond acceptors (Lipinski definition) is 2. The second-order valence-electron chi connectivity index (χ2n) is 6.65. The SMILES string of the molecule is CCCCCCCCC[C@H](C)OC(=O)c1cccc2ccccc12. The topological polar surface area (TPSA) is 26.3 Å². The van der Waals surface area contributed by atoms with Gasteiger partial charge in [0.25, 0.3) is 0 Å². The van der Waals surface area contributed by atoms with E-state index in [9.17, 15) is 4.79 Å². The highest BCUT2D eigenvalue weighted by Gasteiger charge is 2.14. The fourth-order valence-corrected chi connectivity index (χ4v) is 3.10. The Bertz CT molecular complexity index is 627. The maximum Gasteiger partial charge on any atom is 0.339 e. The van der Waals surface area contributed by atoms with Crippen molar-refractivity contribution in [3.05, 3.63) is 48.0 Å². The minimum absolute atomic E-state index is 0.0212. The predicted molar refractivity (Wildman–Crippen MR) is 101 cm³/mol. The molecule has 0 aliphatic carbocycles. The van der Waals surface area contributed by atoms with Gasteiger partial charge in [-0.05, 0) is 36.6 Å². The van der Waals surface area contributed by atoms with Gasteiger partial charge < -0.3 is 4.74 Å². The summed E-state index contributed by atoms with van der Waals surface area (Å²) >= 11 is 0. The van der Waals surface area contributed by atoms with E-state index < -0.39 is 0 Å². The van der Waals surface area contributed by atoms with Crippen LogP contribution in [0, 0.1) is 0 Å². The van der Waals surface area contributed by atoms with Crippen LogP contribution in [0.5, 0.6) is 0 Å². The van der Waals surface area contributed by atoms with Crippen LogP contribution >= 0.6 is 0 Å². The molecule has 0 saturated heterocycles. The Morgan fingerprint density at radius 3 is 2.38 bits per heavy atom. The van der Waals surface area contributed by atoms with Crippen molar-refractivity contribution in [2.75, 3.05) is 0 Å². The van der Waals surface area contributed by atoms with Crippen molar-refractivity contribution >= 4 is 16.7 Å². The van der Waals surface area contributed by atoms with Crippen LogP contribution in [0.15, 0.2) is 42.5 Å². The van der Waals surface area contributed by atoms with Crippen molar-refractivity contribution in [1.82, 2.24) is 0 Å². The van der Waals surface area contributed by atoms with Gasteiger partial charge in [0, 0.05) is 0 Å². The van der Waals surface area contributed by atoms with Gasteiger partial charge in [0.1, 0.15) is 0 Å². The first kappa shape index (κ1) is 18.5. The van der Waals surface area contributed by atoms with Crippen molar-refractivity contribution in [3.63, 3.8) is 0 Å². The van der Waals surface area contributed by atoms with Crippen LogP contribution in [-0.2, 0) is 4.74 Å². The Morgan fingerprint density at radius 1 is 0.917 bits per heavy atom. The quantitative estimate of drug-likeness (QED) is 0.366. The zero-order valence-corrected chi connectivity index (χ0v) is 15.1. The molecule has 0 spiro atoms. The lowest BCUT2D eigenvalue weighted by atomic mass is 10.0. The summed E-state index contributed by atoms with van der Waals surface area (Å²) in [5.74, 6) is -0.206. The molecule has 24 heavy (non-hydrogen) atoms. The molecule has 0 aliphatic rings. The van der Waals surface area contributed by atoms with Crippen molar-refractivity contribution in [2.45, 2.75) is 71.3 Å². The first-order chi connectivity index (χ1) is 11.7. The minimum Gasteiger partial charge on any atom is -0.459 e. The third-order valence-corrected chi connectivity index (χ3v) is 4.53. The molecule has 0 aromatic heterocycles. The summed E-state index contributed by atoms with van der Waals surface area (Å²) in [6.07, 6.45) is 9.91. The molecule has 0 N–H and O–H groups in total. The number of unbranched alkanes of at least 4 members (excludes halogenated alkanes) is 6. The summed E-state index contributed by atoms with van der Waals surface area (Å²) in [7, 11) is 0. The van der Waals surface area contributed by atoms with E-state index in [0.29, 0.717) is 5.56 Å². The van der Waals surface area contributed by atoms with Gasteiger partial charge in [-0.1, -0.05) is 81.8 Å². The lowest BCUT2D eigenvalue weighted by Crippen LogP contribution is -2.15. The number of hydrogen-bond donors (Lipinski definition) is 0. The van der Waals surface area contributed by atoms with E-state index in [4.69, 9.17) is 4.74 Å². The third-order valence-electron chi connectivity index (χ3n) is 4.53. The van der Waals surface area contributed by atoms with Crippen LogP contribution in [0.2, 0.25) is 0 Å². The van der Waals surface area contributed by atoms with Gasteiger partial charge >= 0.3 is 5.97 Å². The van der Waals surface area contributed by atoms with E-state index in [2.05, 4.69) is 6.92 Å². The molecule has 130 valence electrons. The maximum atomic E-state index is 12.5. The zero-order chi connectivity index (χ0) is 17.2. The van der Waals surface area contributed by atoms with Gasteiger partial charge in [0.15, 0.2) is 0 Å². The van der Waals surface area contributed by atoms with Crippen LogP contribution in [0.4, 0.5) is 0 Å². The molecule has 0 amide bonds. The molecule has 2 rings (SSSR count). The second kappa shape index (κ2) is 10.1. The minimum atomic E-state index is -0.206. The molecule has 2 heteroatoms. The van der Waals surface area contributed by atoms with Crippen molar-refractivity contribution < 1.29 is 9.53 Å². The highest BCUT2D eigenvalue weighted by molar-refractivity contribution is 6.04. The number of carbonyl (C=O) groups excluding carboxylic acids is 1. The Labute approximate surface area is 146 Å². The molecular formula is C22H30O2. The van der Waals surface area contributed by atoms with E-state index in [0.717, 1.165) is 23.6 Å². The third kappa shape index (κ3) is 5.67. The summed E-state index contributed by atoms with van der Waals surface area (Å²) in [5, 5.41) is 2.04. The molecule has 2 aromatic rings. The second-order valence-corrected chi connectivity index (χ2v) is 6.65. The van der Waals surface area contributed by atoms with E-state index >= 15 is 0 Å². The van der Waals surface area contributed by atoms with Gasteiger partial charge in [-0.3, -0.25) is 0 Å². The summed E-state index contributed by atoms with van der Waals surface area (Å²) in [5.41, 5.74) is 0.666. The molecule has 2 aromatic carbocycles. The molecule has 0 unspecified atom stereocenters. The van der Waals surface area contributed by atoms with E-state index in [1.807, 2.05) is 49.4 Å². The van der Waals surface area contributed by atoms with Gasteiger partial charge in [-0.25, -0.2) is 4.79 Å². The summed E-state index contributed by atoms with van der Waals surface area (Å²) < 4.78 is 5.65. The molecule has 0 bridgehead atoms. The number of esters is 1. The molecule has 0 fully saturated rings. The monoisotopic (exact) mass is 326 g/mol. The molecular weight excluding hydrogens is 296 g/mol. The lowest BCUT2D eigenvalue weighted by molar-refractivity contribution is 0.0322. The van der Waals surface area contributed by atoms with E-state index in [-0.39, 0.29) is 12.1 Å². The number of benzene rings is 2. The Balaban J connectivity index is 1.77. The van der Waals surface area contributed by atoms with Crippen LogP contribution in [-0.4, -0.2) is 12.1 Å². The highest BCUT2D eigenvalue weighted by atomic mass is 16.5. The average Bonchev–Trinajstić information content (AvgIpc) is 2.60. The zero-order valence-electron chi connectivity index (χ0n) is 15.1. The van der Waals surface area contributed by atoms with Gasteiger partial charge in [-0.2, -0.15) is 0 Å². The van der Waals surface area contributed by atoms with Crippen LogP contribution in [0.25, 0.3) is 10.8 Å². The fraction of sp³-hybridized carbons (Fsp3) is 0.500. The van der Waals surface area contributed by atoms with Gasteiger partial charge in [0.2, 0.25) is 0 Å². The normalized spacial score (nSPS) is 12.2. The van der Waals surface area contributed by atoms with E-state index in [1.54, 1.807) is 0 Å². The summed E-state index contributed by atoms with van der Waals surface area (Å²) in [4.78, 5) is 12.5. The molecule has 0 radical (unpaired) electrons. The first-order valence-electron chi connectivity index (χ1n) is 9.41. The molecule has 0 aliphatic heterocycles. The van der Waals surface area contributed by atoms with Crippen molar-refractivity contribution in [3.8, 4) is 0 Å². The largest absolute Gasteiger partial charge is 0.459 e. The van der Waals surface area contributed by atoms with Crippen molar-refractivity contribution in [1.29, 1.82) is 0 Å². The highest BCUT2D eigenvalue weighted by Crippen LogP contribution is 2.20. The standard InChI is InChI=1S/C22H30O2/c1-3-4-5-6-7-8-9-13-18(2)24-22(23)21-17-12-15-19-14-10-11-16-20(19)21/h10-12,14-18H,3-9,13H2,1-2H3/t18-/m0/s1. The molecule has 0 heterocycles. The molecule has 0 saturated carbocycles. The van der Waals surface area contributed by atoms with Gasteiger partial charge in [0.05, 0.1) is 11.7 Å².